The van der Waals surface area contributed by atoms with Gasteiger partial charge in [-0.2, -0.15) is 0 Å². The number of amides is 1. The molecule has 0 aromatic carbocycles. The molecule has 2 N–H and O–H groups in total. The van der Waals surface area contributed by atoms with Crippen molar-refractivity contribution >= 4 is 13.7 Å². The zero-order valence-corrected chi connectivity index (χ0v) is 41.2. The Morgan fingerprint density at radius 2 is 1.00 bits per heavy atom. The van der Waals surface area contributed by atoms with E-state index in [4.69, 9.17) is 9.05 Å². The number of phosphoric acid groups is 1. The number of carbonyl (C=O) groups is 1. The SMILES string of the molecule is CC/C=C\C/C=C\C/C=C\C/C=C\CCC(=O)NC(COP(=O)([O-])OCC[N+](C)(C)C)C(O)/C=C/CCCCCCCCCCCCCCCCCCCCCCCCCC. The van der Waals surface area contributed by atoms with Crippen molar-refractivity contribution in [3.8, 4) is 0 Å². The highest BCUT2D eigenvalue weighted by Gasteiger charge is 2.23. The summed E-state index contributed by atoms with van der Waals surface area (Å²) in [5.74, 6) is -0.278. The summed E-state index contributed by atoms with van der Waals surface area (Å²) in [7, 11) is 1.21. The van der Waals surface area contributed by atoms with Crippen molar-refractivity contribution in [2.45, 2.75) is 225 Å². The molecule has 0 bridgehead atoms. The van der Waals surface area contributed by atoms with Crippen molar-refractivity contribution in [3.05, 3.63) is 60.8 Å². The largest absolute Gasteiger partial charge is 0.756 e. The molecule has 0 heterocycles. The number of likely N-dealkylation sites (N-methyl/N-ethyl adjacent to an activating group) is 1. The summed E-state index contributed by atoms with van der Waals surface area (Å²) < 4.78 is 23.2. The lowest BCUT2D eigenvalue weighted by Crippen LogP contribution is -2.45. The van der Waals surface area contributed by atoms with Gasteiger partial charge in [-0.1, -0.05) is 222 Å². The van der Waals surface area contributed by atoms with Crippen molar-refractivity contribution < 1.29 is 32.9 Å². The molecule has 9 heteroatoms. The molecule has 0 spiro atoms. The molecule has 3 unspecified atom stereocenters. The van der Waals surface area contributed by atoms with Gasteiger partial charge in [0, 0.05) is 6.42 Å². The van der Waals surface area contributed by atoms with Crippen molar-refractivity contribution in [1.29, 1.82) is 0 Å². The van der Waals surface area contributed by atoms with Gasteiger partial charge >= 0.3 is 0 Å². The summed E-state index contributed by atoms with van der Waals surface area (Å²) >= 11 is 0. The molecule has 0 saturated carbocycles. The lowest BCUT2D eigenvalue weighted by molar-refractivity contribution is -0.870. The van der Waals surface area contributed by atoms with Gasteiger partial charge in [-0.05, 0) is 44.9 Å². The standard InChI is InChI=1S/C52H97N2O6P/c1-6-8-10-12-14-16-18-20-21-22-23-24-25-26-27-28-29-30-31-32-34-35-37-39-41-43-45-51(55)50(49-60-61(57,58)59-48-47-54(3,4)5)53-52(56)46-44-42-40-38-36-33-19-17-15-13-11-9-7-2/h9,11,15,17,33,36,40,42-43,45,50-51,55H,6-8,10,12-14,16,18-32,34-35,37-39,41,44,46-49H2,1-5H3,(H-,53,56,57,58)/b11-9-,17-15-,36-33-,42-40-,45-43+. The Morgan fingerprint density at radius 1 is 0.590 bits per heavy atom. The van der Waals surface area contributed by atoms with E-state index in [1.165, 1.54) is 141 Å². The number of nitrogens with one attached hydrogen (secondary N) is 1. The highest BCUT2D eigenvalue weighted by Crippen LogP contribution is 2.38. The fourth-order valence-electron chi connectivity index (χ4n) is 7.05. The molecule has 0 saturated heterocycles. The highest BCUT2D eigenvalue weighted by molar-refractivity contribution is 7.45. The molecular formula is C52H97N2O6P. The zero-order chi connectivity index (χ0) is 45.0. The smallest absolute Gasteiger partial charge is 0.268 e. The summed E-state index contributed by atoms with van der Waals surface area (Å²) in [5, 5.41) is 13.8. The van der Waals surface area contributed by atoms with E-state index in [0.717, 1.165) is 44.9 Å². The maximum absolute atomic E-state index is 12.8. The van der Waals surface area contributed by atoms with Crippen LogP contribution in [0.1, 0.15) is 213 Å². The molecule has 61 heavy (non-hydrogen) atoms. The Labute approximate surface area is 377 Å². The van der Waals surface area contributed by atoms with Crippen LogP contribution in [-0.2, 0) is 18.4 Å². The zero-order valence-electron chi connectivity index (χ0n) is 40.4. The molecule has 0 radical (unpaired) electrons. The van der Waals surface area contributed by atoms with Crippen LogP contribution in [0.5, 0.6) is 0 Å². The third kappa shape index (κ3) is 46.0. The van der Waals surface area contributed by atoms with Crippen LogP contribution in [0.25, 0.3) is 0 Å². The number of quaternary nitrogens is 1. The summed E-state index contributed by atoms with van der Waals surface area (Å²) in [6, 6.07) is -0.926. The first-order chi connectivity index (χ1) is 29.5. The van der Waals surface area contributed by atoms with Crippen LogP contribution in [0.4, 0.5) is 0 Å². The molecule has 0 rings (SSSR count). The van der Waals surface area contributed by atoms with E-state index in [-0.39, 0.29) is 18.9 Å². The third-order valence-electron chi connectivity index (χ3n) is 11.0. The second kappa shape index (κ2) is 43.5. The Kier molecular flexibility index (Phi) is 42.2. The van der Waals surface area contributed by atoms with Gasteiger partial charge in [0.2, 0.25) is 5.91 Å². The summed E-state index contributed by atoms with van der Waals surface area (Å²) in [6.45, 7) is 4.48. The number of rotatable bonds is 45. The van der Waals surface area contributed by atoms with E-state index in [1.54, 1.807) is 6.08 Å². The van der Waals surface area contributed by atoms with E-state index < -0.39 is 26.6 Å². The third-order valence-corrected chi connectivity index (χ3v) is 12.0. The van der Waals surface area contributed by atoms with Crippen LogP contribution in [0.3, 0.4) is 0 Å². The topological polar surface area (TPSA) is 108 Å². The monoisotopic (exact) mass is 877 g/mol. The second-order valence-corrected chi connectivity index (χ2v) is 19.6. The van der Waals surface area contributed by atoms with Crippen LogP contribution in [0.15, 0.2) is 60.8 Å². The Balaban J connectivity index is 4.28. The molecular weight excluding hydrogens is 780 g/mol. The fourth-order valence-corrected chi connectivity index (χ4v) is 7.77. The molecule has 0 aliphatic heterocycles. The predicted octanol–water partition coefficient (Wildman–Crippen LogP) is 14.0. The Hall–Kier alpha value is -1.80. The van der Waals surface area contributed by atoms with Crippen molar-refractivity contribution in [2.75, 3.05) is 40.9 Å². The normalized spacial score (nSPS) is 14.7. The Bertz CT molecular complexity index is 1180. The maximum Gasteiger partial charge on any atom is 0.268 e. The number of carbonyl (C=O) groups excluding carboxylic acids is 1. The number of nitrogens with zero attached hydrogens (tertiary/aromatic N) is 1. The van der Waals surface area contributed by atoms with Crippen LogP contribution in [-0.4, -0.2) is 68.5 Å². The number of aliphatic hydroxyl groups is 1. The van der Waals surface area contributed by atoms with Crippen LogP contribution >= 0.6 is 7.82 Å². The van der Waals surface area contributed by atoms with Crippen LogP contribution in [0, 0.1) is 0 Å². The molecule has 0 aromatic heterocycles. The number of allylic oxidation sites excluding steroid dienone is 9. The lowest BCUT2D eigenvalue weighted by Gasteiger charge is -2.29. The quantitative estimate of drug-likeness (QED) is 0.0273. The lowest BCUT2D eigenvalue weighted by atomic mass is 10.0. The first-order valence-electron chi connectivity index (χ1n) is 25.2. The summed E-state index contributed by atoms with van der Waals surface area (Å²) in [4.78, 5) is 25.3. The van der Waals surface area contributed by atoms with E-state index in [2.05, 4.69) is 55.6 Å². The molecule has 0 fully saturated rings. The second-order valence-electron chi connectivity index (χ2n) is 18.1. The maximum atomic E-state index is 12.8. The van der Waals surface area contributed by atoms with Gasteiger partial charge in [-0.15, -0.1) is 0 Å². The van der Waals surface area contributed by atoms with Crippen LogP contribution < -0.4 is 10.2 Å². The molecule has 0 aliphatic carbocycles. The first kappa shape index (κ1) is 59.2. The van der Waals surface area contributed by atoms with Gasteiger partial charge in [-0.25, -0.2) is 0 Å². The number of hydrogen-bond acceptors (Lipinski definition) is 6. The number of unbranched alkanes of at least 4 members (excludes halogenated alkanes) is 24. The minimum atomic E-state index is -4.61. The summed E-state index contributed by atoms with van der Waals surface area (Å²) in [6.07, 6.45) is 57.4. The molecule has 3 atom stereocenters. The van der Waals surface area contributed by atoms with E-state index in [9.17, 15) is 19.4 Å². The average molecular weight is 877 g/mol. The van der Waals surface area contributed by atoms with E-state index in [1.807, 2.05) is 39.4 Å². The fraction of sp³-hybridized carbons (Fsp3) is 0.788. The number of hydrogen-bond donors (Lipinski definition) is 2. The average Bonchev–Trinajstić information content (AvgIpc) is 3.21. The van der Waals surface area contributed by atoms with Gasteiger partial charge in [-0.3, -0.25) is 9.36 Å². The number of aliphatic hydroxyl groups excluding tert-OH is 1. The minimum Gasteiger partial charge on any atom is -0.756 e. The van der Waals surface area contributed by atoms with Crippen LogP contribution in [0.2, 0.25) is 0 Å². The number of phosphoric ester groups is 1. The van der Waals surface area contributed by atoms with Gasteiger partial charge in [0.05, 0.1) is 39.9 Å². The van der Waals surface area contributed by atoms with Gasteiger partial charge in [0.15, 0.2) is 0 Å². The van der Waals surface area contributed by atoms with Crippen molar-refractivity contribution in [2.24, 2.45) is 0 Å². The van der Waals surface area contributed by atoms with E-state index >= 15 is 0 Å². The first-order valence-corrected chi connectivity index (χ1v) is 26.6. The van der Waals surface area contributed by atoms with Crippen molar-refractivity contribution in [3.63, 3.8) is 0 Å². The van der Waals surface area contributed by atoms with Crippen molar-refractivity contribution in [1.82, 2.24) is 5.32 Å². The molecule has 0 aliphatic rings. The highest BCUT2D eigenvalue weighted by atomic mass is 31.2. The minimum absolute atomic E-state index is 0.0157. The van der Waals surface area contributed by atoms with Gasteiger partial charge < -0.3 is 28.8 Å². The van der Waals surface area contributed by atoms with E-state index in [0.29, 0.717) is 17.4 Å². The Morgan fingerprint density at radius 3 is 1.43 bits per heavy atom. The molecule has 356 valence electrons. The molecule has 0 aromatic rings. The molecule has 8 nitrogen and oxygen atoms in total. The van der Waals surface area contributed by atoms with Gasteiger partial charge in [0.25, 0.3) is 7.82 Å². The molecule has 1 amide bonds. The summed E-state index contributed by atoms with van der Waals surface area (Å²) in [5.41, 5.74) is 0. The predicted molar refractivity (Wildman–Crippen MR) is 261 cm³/mol. The van der Waals surface area contributed by atoms with Gasteiger partial charge in [0.1, 0.15) is 13.2 Å².